The third-order valence-electron chi connectivity index (χ3n) is 2.12. The van der Waals surface area contributed by atoms with Crippen molar-refractivity contribution in [1.82, 2.24) is 5.06 Å². The minimum absolute atomic E-state index is 0.253. The number of rotatable bonds is 3. The van der Waals surface area contributed by atoms with E-state index in [2.05, 4.69) is 10.7 Å². The SMILES string of the molecule is CN(O[SH](=O)=O)C1CC[CH]CC1. The van der Waals surface area contributed by atoms with Gasteiger partial charge in [0.25, 0.3) is 11.0 Å². The molecule has 1 aliphatic carbocycles. The molecule has 0 aromatic heterocycles. The standard InChI is InChI=1S/C7H14NO3S/c1-8(11-12(9)10)7-5-3-2-4-6-7/h2,7,12H,3-6H2,1H3. The minimum Gasteiger partial charge on any atom is -0.201 e. The highest BCUT2D eigenvalue weighted by Gasteiger charge is 2.19. The maximum atomic E-state index is 10.2. The Hall–Kier alpha value is -0.130. The molecular formula is C7H14NO3S. The lowest BCUT2D eigenvalue weighted by Gasteiger charge is -2.27. The molecule has 0 aliphatic heterocycles. The van der Waals surface area contributed by atoms with E-state index in [9.17, 15) is 8.42 Å². The Balaban J connectivity index is 2.34. The molecule has 0 spiro atoms. The first-order chi connectivity index (χ1) is 5.70. The molecular weight excluding hydrogens is 178 g/mol. The van der Waals surface area contributed by atoms with Gasteiger partial charge < -0.3 is 0 Å². The van der Waals surface area contributed by atoms with E-state index >= 15 is 0 Å². The van der Waals surface area contributed by atoms with Crippen LogP contribution in [-0.4, -0.2) is 26.6 Å². The molecule has 4 nitrogen and oxygen atoms in total. The highest BCUT2D eigenvalue weighted by molar-refractivity contribution is 7.67. The van der Waals surface area contributed by atoms with E-state index in [1.807, 2.05) is 0 Å². The van der Waals surface area contributed by atoms with Gasteiger partial charge in [-0.05, 0) is 32.1 Å². The van der Waals surface area contributed by atoms with Crippen molar-refractivity contribution >= 4 is 11.0 Å². The molecule has 0 atom stereocenters. The zero-order chi connectivity index (χ0) is 8.97. The summed E-state index contributed by atoms with van der Waals surface area (Å²) in [6.07, 6.45) is 6.29. The monoisotopic (exact) mass is 192 g/mol. The Morgan fingerprint density at radius 3 is 2.50 bits per heavy atom. The van der Waals surface area contributed by atoms with Crippen LogP contribution in [0.5, 0.6) is 0 Å². The Kier molecular flexibility index (Phi) is 3.97. The summed E-state index contributed by atoms with van der Waals surface area (Å²) in [4.78, 5) is 0. The van der Waals surface area contributed by atoms with E-state index in [1.165, 1.54) is 5.06 Å². The zero-order valence-electron chi connectivity index (χ0n) is 7.10. The van der Waals surface area contributed by atoms with Gasteiger partial charge in [0.15, 0.2) is 0 Å². The van der Waals surface area contributed by atoms with Crippen LogP contribution in [0.15, 0.2) is 0 Å². The van der Waals surface area contributed by atoms with Crippen LogP contribution >= 0.6 is 0 Å². The first kappa shape index (κ1) is 9.95. The van der Waals surface area contributed by atoms with Crippen molar-refractivity contribution in [3.05, 3.63) is 6.42 Å². The molecule has 1 aliphatic rings. The van der Waals surface area contributed by atoms with Crippen LogP contribution in [0.1, 0.15) is 25.7 Å². The van der Waals surface area contributed by atoms with E-state index in [0.717, 1.165) is 25.7 Å². The fraction of sp³-hybridized carbons (Fsp3) is 0.857. The van der Waals surface area contributed by atoms with Crippen molar-refractivity contribution in [3.8, 4) is 0 Å². The quantitative estimate of drug-likeness (QED) is 0.523. The minimum atomic E-state index is -2.75. The fourth-order valence-corrected chi connectivity index (χ4v) is 1.79. The Bertz CT molecular complexity index is 191. The summed E-state index contributed by atoms with van der Waals surface area (Å²) in [6, 6.07) is 0.253. The maximum absolute atomic E-state index is 10.2. The van der Waals surface area contributed by atoms with Crippen molar-refractivity contribution < 1.29 is 12.7 Å². The molecule has 0 N–H and O–H groups in total. The number of hydrogen-bond acceptors (Lipinski definition) is 4. The summed E-state index contributed by atoms with van der Waals surface area (Å²) in [5.74, 6) is 0. The van der Waals surface area contributed by atoms with Gasteiger partial charge in [-0.3, -0.25) is 0 Å². The molecule has 5 heteroatoms. The van der Waals surface area contributed by atoms with Crippen LogP contribution in [0.25, 0.3) is 0 Å². The topological polar surface area (TPSA) is 46.6 Å². The Morgan fingerprint density at radius 2 is 2.00 bits per heavy atom. The molecule has 1 rings (SSSR count). The Labute approximate surface area is 74.6 Å². The molecule has 1 fully saturated rings. The van der Waals surface area contributed by atoms with Crippen LogP contribution in [0, 0.1) is 6.42 Å². The second-order valence-corrected chi connectivity index (χ2v) is 3.56. The summed E-state index contributed by atoms with van der Waals surface area (Å²) in [7, 11) is -1.08. The van der Waals surface area contributed by atoms with Crippen molar-refractivity contribution in [2.75, 3.05) is 7.05 Å². The smallest absolute Gasteiger partial charge is 0.201 e. The summed E-state index contributed by atoms with van der Waals surface area (Å²) in [5.41, 5.74) is 0. The zero-order valence-corrected chi connectivity index (χ0v) is 8.00. The van der Waals surface area contributed by atoms with Gasteiger partial charge in [0, 0.05) is 13.1 Å². The van der Waals surface area contributed by atoms with Crippen LogP contribution < -0.4 is 0 Å². The summed E-state index contributed by atoms with van der Waals surface area (Å²) in [5, 5.41) is 1.44. The predicted octanol–water partition coefficient (Wildman–Crippen LogP) is 0.523. The fourth-order valence-electron chi connectivity index (χ4n) is 1.44. The normalized spacial score (nSPS) is 20.6. The van der Waals surface area contributed by atoms with Crippen LogP contribution in [-0.2, 0) is 15.3 Å². The van der Waals surface area contributed by atoms with E-state index in [4.69, 9.17) is 0 Å². The summed E-state index contributed by atoms with van der Waals surface area (Å²) >= 11 is 0. The Morgan fingerprint density at radius 1 is 1.42 bits per heavy atom. The summed E-state index contributed by atoms with van der Waals surface area (Å²) < 4.78 is 25.0. The van der Waals surface area contributed by atoms with Gasteiger partial charge in [0.1, 0.15) is 0 Å². The van der Waals surface area contributed by atoms with E-state index < -0.39 is 11.0 Å². The van der Waals surface area contributed by atoms with Gasteiger partial charge in [-0.25, -0.2) is 8.42 Å². The third kappa shape index (κ3) is 3.08. The van der Waals surface area contributed by atoms with E-state index in [0.29, 0.717) is 0 Å². The average molecular weight is 192 g/mol. The molecule has 1 saturated carbocycles. The molecule has 0 unspecified atom stereocenters. The van der Waals surface area contributed by atoms with Gasteiger partial charge in [-0.1, -0.05) is 0 Å². The molecule has 1 radical (unpaired) electrons. The molecule has 71 valence electrons. The number of hydrogen-bond donors (Lipinski definition) is 1. The highest BCUT2D eigenvalue weighted by atomic mass is 32.2. The molecule has 0 aromatic rings. The third-order valence-corrected chi connectivity index (χ3v) is 2.51. The summed E-state index contributed by atoms with van der Waals surface area (Å²) in [6.45, 7) is 0. The van der Waals surface area contributed by atoms with Crippen molar-refractivity contribution in [2.24, 2.45) is 0 Å². The van der Waals surface area contributed by atoms with Crippen LogP contribution in [0.4, 0.5) is 0 Å². The van der Waals surface area contributed by atoms with Gasteiger partial charge in [-0.15, -0.1) is 0 Å². The highest BCUT2D eigenvalue weighted by Crippen LogP contribution is 2.20. The lowest BCUT2D eigenvalue weighted by Crippen LogP contribution is -2.33. The van der Waals surface area contributed by atoms with Crippen LogP contribution in [0.2, 0.25) is 0 Å². The van der Waals surface area contributed by atoms with Gasteiger partial charge in [-0.2, -0.15) is 9.35 Å². The van der Waals surface area contributed by atoms with Gasteiger partial charge in [0.05, 0.1) is 0 Å². The number of hydroxylamine groups is 2. The first-order valence-corrected chi connectivity index (χ1v) is 5.16. The molecule has 0 saturated heterocycles. The second kappa shape index (κ2) is 4.79. The van der Waals surface area contributed by atoms with Gasteiger partial charge >= 0.3 is 0 Å². The van der Waals surface area contributed by atoms with Crippen molar-refractivity contribution in [2.45, 2.75) is 31.7 Å². The lowest BCUT2D eigenvalue weighted by atomic mass is 9.96. The molecule has 0 amide bonds. The molecule has 12 heavy (non-hydrogen) atoms. The predicted molar refractivity (Wildman–Crippen MR) is 45.7 cm³/mol. The second-order valence-electron chi connectivity index (χ2n) is 2.95. The van der Waals surface area contributed by atoms with E-state index in [-0.39, 0.29) is 6.04 Å². The first-order valence-electron chi connectivity index (χ1n) is 4.07. The number of nitrogens with zero attached hydrogens (tertiary/aromatic N) is 1. The van der Waals surface area contributed by atoms with Gasteiger partial charge in [0.2, 0.25) is 0 Å². The average Bonchev–Trinajstić information content (AvgIpc) is 2.05. The van der Waals surface area contributed by atoms with Crippen LogP contribution in [0.3, 0.4) is 0 Å². The maximum Gasteiger partial charge on any atom is 0.273 e. The lowest BCUT2D eigenvalue weighted by molar-refractivity contribution is -0.0674. The largest absolute Gasteiger partial charge is 0.273 e. The molecule has 0 heterocycles. The van der Waals surface area contributed by atoms with Crippen molar-refractivity contribution in [3.63, 3.8) is 0 Å². The molecule has 0 bridgehead atoms. The van der Waals surface area contributed by atoms with Crippen molar-refractivity contribution in [1.29, 1.82) is 0 Å². The number of thiol groups is 1. The molecule has 0 aromatic carbocycles. The van der Waals surface area contributed by atoms with E-state index in [1.54, 1.807) is 7.05 Å².